The Morgan fingerprint density at radius 2 is 1.67 bits per heavy atom. The van der Waals surface area contributed by atoms with Crippen molar-refractivity contribution >= 4 is 56.2 Å². The third-order valence-electron chi connectivity index (χ3n) is 7.68. The van der Waals surface area contributed by atoms with Crippen molar-refractivity contribution in [1.82, 2.24) is 10.6 Å². The number of fused-ring (bicyclic) bond motifs is 1. The van der Waals surface area contributed by atoms with Crippen molar-refractivity contribution in [2.24, 2.45) is 5.73 Å². The molecule has 0 bridgehead atoms. The van der Waals surface area contributed by atoms with Crippen molar-refractivity contribution in [1.29, 1.82) is 0 Å². The Bertz CT molecular complexity index is 1420. The van der Waals surface area contributed by atoms with E-state index in [1.807, 2.05) is 50.3 Å². The minimum atomic E-state index is -1.25. The molecule has 0 saturated carbocycles. The van der Waals surface area contributed by atoms with E-state index in [1.54, 1.807) is 0 Å². The highest BCUT2D eigenvalue weighted by molar-refractivity contribution is 8.76. The van der Waals surface area contributed by atoms with E-state index in [1.165, 1.54) is 21.6 Å². The summed E-state index contributed by atoms with van der Waals surface area (Å²) in [6.07, 6.45) is 3.36. The first-order chi connectivity index (χ1) is 23.4. The molecular formula is C34H49N3O10S2. The molecule has 0 fully saturated rings. The number of hydrogen-bond acceptors (Lipinski definition) is 11. The molecule has 4 unspecified atom stereocenters. The zero-order chi connectivity index (χ0) is 36.3. The van der Waals surface area contributed by atoms with Gasteiger partial charge in [-0.15, -0.1) is 0 Å². The number of nitrogens with one attached hydrogen (secondary N) is 2. The van der Waals surface area contributed by atoms with Gasteiger partial charge in [0.05, 0.1) is 0 Å². The highest BCUT2D eigenvalue weighted by Gasteiger charge is 2.23. The maximum absolute atomic E-state index is 12.0. The molecule has 13 nitrogen and oxygen atoms in total. The van der Waals surface area contributed by atoms with Crippen LogP contribution in [0.25, 0.3) is 10.8 Å². The number of carbonyl (C=O) groups is 4. The van der Waals surface area contributed by atoms with E-state index in [0.29, 0.717) is 30.5 Å². The Morgan fingerprint density at radius 1 is 0.980 bits per heavy atom. The first kappa shape index (κ1) is 41.7. The molecule has 2 rings (SSSR count). The van der Waals surface area contributed by atoms with Crippen molar-refractivity contribution in [2.75, 3.05) is 31.3 Å². The van der Waals surface area contributed by atoms with Gasteiger partial charge in [0.15, 0.2) is 0 Å². The fourth-order valence-electron chi connectivity index (χ4n) is 5.04. The number of carboxylic acids is 3. The van der Waals surface area contributed by atoms with Crippen molar-refractivity contribution in [2.45, 2.75) is 83.3 Å². The van der Waals surface area contributed by atoms with E-state index in [-0.39, 0.29) is 50.5 Å². The molecule has 2 aromatic carbocycles. The van der Waals surface area contributed by atoms with Crippen LogP contribution >= 0.6 is 21.6 Å². The van der Waals surface area contributed by atoms with E-state index < -0.39 is 41.9 Å². The zero-order valence-corrected chi connectivity index (χ0v) is 29.8. The largest absolute Gasteiger partial charge is 0.480 e. The molecule has 8 N–H and O–H groups in total. The Morgan fingerprint density at radius 3 is 2.29 bits per heavy atom. The number of allylic oxidation sites excluding steroid dienone is 1. The van der Waals surface area contributed by atoms with Gasteiger partial charge in [0.2, 0.25) is 5.91 Å². The molecule has 0 spiro atoms. The lowest BCUT2D eigenvalue weighted by Gasteiger charge is -2.21. The summed E-state index contributed by atoms with van der Waals surface area (Å²) in [7, 11) is 2.82. The van der Waals surface area contributed by atoms with Crippen LogP contribution in [0.1, 0.15) is 69.4 Å². The molecule has 0 aliphatic rings. The van der Waals surface area contributed by atoms with Gasteiger partial charge in [-0.3, -0.25) is 14.4 Å². The summed E-state index contributed by atoms with van der Waals surface area (Å²) in [5, 5.41) is 45.1. The number of nitrogens with two attached hydrogens (primary N) is 1. The molecule has 0 aromatic heterocycles. The van der Waals surface area contributed by atoms with Gasteiger partial charge in [-0.2, -0.15) is 0 Å². The van der Waals surface area contributed by atoms with Gasteiger partial charge < -0.3 is 46.3 Å². The Kier molecular flexibility index (Phi) is 18.9. The number of aliphatic hydroxyl groups excluding tert-OH is 1. The molecule has 0 aliphatic carbocycles. The summed E-state index contributed by atoms with van der Waals surface area (Å²) < 4.78 is 12.2. The van der Waals surface area contributed by atoms with Crippen LogP contribution in [0.5, 0.6) is 5.75 Å². The molecule has 0 saturated heterocycles. The lowest BCUT2D eigenvalue weighted by atomic mass is 9.88. The smallest absolute Gasteiger partial charge is 0.326 e. The molecule has 2 aromatic rings. The van der Waals surface area contributed by atoms with Crippen LogP contribution in [0, 0.1) is 6.92 Å². The molecule has 1 amide bonds. The predicted molar refractivity (Wildman–Crippen MR) is 192 cm³/mol. The number of carboxylic acid groups (broad SMARTS) is 3. The van der Waals surface area contributed by atoms with Gasteiger partial charge in [-0.1, -0.05) is 59.7 Å². The predicted octanol–water partition coefficient (Wildman–Crippen LogP) is 4.25. The van der Waals surface area contributed by atoms with Crippen molar-refractivity contribution in [3.8, 4) is 5.75 Å². The summed E-state index contributed by atoms with van der Waals surface area (Å²) in [5.74, 6) is -2.27. The molecule has 4 atom stereocenters. The van der Waals surface area contributed by atoms with Crippen molar-refractivity contribution in [3.63, 3.8) is 0 Å². The van der Waals surface area contributed by atoms with Gasteiger partial charge in [-0.25, -0.2) is 4.79 Å². The Hall–Kier alpha value is -3.50. The van der Waals surface area contributed by atoms with Crippen LogP contribution in [-0.4, -0.2) is 93.6 Å². The second kappa shape index (κ2) is 22.3. The number of ether oxygens (including phenoxy) is 2. The van der Waals surface area contributed by atoms with Crippen LogP contribution in [0.2, 0.25) is 0 Å². The molecule has 15 heteroatoms. The first-order valence-electron chi connectivity index (χ1n) is 16.3. The van der Waals surface area contributed by atoms with E-state index in [0.717, 1.165) is 28.3 Å². The number of aliphatic carboxylic acids is 3. The molecule has 272 valence electrons. The summed E-state index contributed by atoms with van der Waals surface area (Å²) in [4.78, 5) is 46.1. The van der Waals surface area contributed by atoms with Crippen molar-refractivity contribution in [3.05, 3.63) is 53.5 Å². The number of hydrogen-bond donors (Lipinski definition) is 7. The SMILES string of the molecule is CC/C=C(\OCCSSCC(NCCCC(NC(=O)CCC(N)C(=O)O)C(=O)O)C(=O)O)Oc1cc(C)c(C(CC)CO)c2ccccc12. The minimum absolute atomic E-state index is 0.0275. The summed E-state index contributed by atoms with van der Waals surface area (Å²) in [5.41, 5.74) is 7.52. The minimum Gasteiger partial charge on any atom is -0.480 e. The van der Waals surface area contributed by atoms with E-state index >= 15 is 0 Å². The van der Waals surface area contributed by atoms with E-state index in [9.17, 15) is 34.5 Å². The molecule has 0 aliphatic heterocycles. The average molecular weight is 724 g/mol. The quantitative estimate of drug-likeness (QED) is 0.0433. The number of aliphatic hydroxyl groups is 1. The van der Waals surface area contributed by atoms with Crippen molar-refractivity contribution < 1.29 is 49.1 Å². The maximum atomic E-state index is 12.0. The monoisotopic (exact) mass is 723 g/mol. The highest BCUT2D eigenvalue weighted by Crippen LogP contribution is 2.37. The topological polar surface area (TPSA) is 218 Å². The fourth-order valence-corrected chi connectivity index (χ4v) is 7.06. The van der Waals surface area contributed by atoms with Gasteiger partial charge in [0.1, 0.15) is 30.5 Å². The van der Waals surface area contributed by atoms with E-state index in [2.05, 4.69) is 17.6 Å². The third-order valence-corrected chi connectivity index (χ3v) is 10.1. The third kappa shape index (κ3) is 14.1. The highest BCUT2D eigenvalue weighted by atomic mass is 33.1. The fraction of sp³-hybridized carbons (Fsp3) is 0.529. The van der Waals surface area contributed by atoms with Crippen LogP contribution < -0.4 is 21.1 Å². The molecular weight excluding hydrogens is 675 g/mol. The van der Waals surface area contributed by atoms with Crippen LogP contribution in [0.4, 0.5) is 0 Å². The molecule has 0 radical (unpaired) electrons. The summed E-state index contributed by atoms with van der Waals surface area (Å²) >= 11 is 0. The Balaban J connectivity index is 1.82. The van der Waals surface area contributed by atoms with Gasteiger partial charge in [-0.05, 0) is 74.2 Å². The van der Waals surface area contributed by atoms with Gasteiger partial charge in [0, 0.05) is 35.8 Å². The number of aryl methyl sites for hydroxylation is 1. The standard InChI is InChI=1S/C34H49N3O10S2/c1-4-9-30(47-28-18-21(3)31(22(5-2)19-38)24-11-7-6-10-23(24)28)46-16-17-48-49-20-27(34(44)45)36-15-8-12-26(33(42)43)37-29(39)14-13-25(35)32(40)41/h6-7,9-11,18,22,25-27,36,38H,4-5,8,12-17,19-20,35H2,1-3H3,(H,37,39)(H,40,41)(H,42,43)(H,44,45)/b30-9+. The molecule has 49 heavy (non-hydrogen) atoms. The second-order valence-corrected chi connectivity index (χ2v) is 14.0. The number of carbonyl (C=O) groups excluding carboxylic acids is 1. The second-order valence-electron chi connectivity index (χ2n) is 11.4. The van der Waals surface area contributed by atoms with Crippen LogP contribution in [-0.2, 0) is 23.9 Å². The zero-order valence-electron chi connectivity index (χ0n) is 28.2. The number of rotatable bonds is 25. The van der Waals surface area contributed by atoms with Gasteiger partial charge in [0.25, 0.3) is 5.95 Å². The van der Waals surface area contributed by atoms with Crippen LogP contribution in [0.15, 0.2) is 42.4 Å². The summed E-state index contributed by atoms with van der Waals surface area (Å²) in [6.45, 7) is 6.67. The normalized spacial score (nSPS) is 14.1. The lowest BCUT2D eigenvalue weighted by Crippen LogP contribution is -2.43. The Labute approximate surface area is 294 Å². The number of benzene rings is 2. The molecule has 0 heterocycles. The lowest BCUT2D eigenvalue weighted by molar-refractivity contribution is -0.142. The average Bonchev–Trinajstić information content (AvgIpc) is 3.06. The maximum Gasteiger partial charge on any atom is 0.326 e. The number of amides is 1. The first-order valence-corrected chi connectivity index (χ1v) is 18.8. The van der Waals surface area contributed by atoms with Crippen LogP contribution in [0.3, 0.4) is 0 Å². The van der Waals surface area contributed by atoms with E-state index in [4.69, 9.17) is 20.3 Å². The van der Waals surface area contributed by atoms with Gasteiger partial charge >= 0.3 is 17.9 Å². The summed E-state index contributed by atoms with van der Waals surface area (Å²) in [6, 6.07) is 6.65.